The fraction of sp³-hybridized carbons (Fsp3) is 0.929. The van der Waals surface area contributed by atoms with Crippen LogP contribution < -0.4 is 10.6 Å². The van der Waals surface area contributed by atoms with Crippen molar-refractivity contribution in [2.24, 2.45) is 0 Å². The van der Waals surface area contributed by atoms with E-state index in [9.17, 15) is 14.4 Å². The van der Waals surface area contributed by atoms with Crippen molar-refractivity contribution in [2.75, 3.05) is 52.7 Å². The highest BCUT2D eigenvalue weighted by molar-refractivity contribution is 5.78. The summed E-state index contributed by atoms with van der Waals surface area (Å²) in [7, 11) is 0. The Morgan fingerprint density at radius 3 is 1.54 bits per heavy atom. The summed E-state index contributed by atoms with van der Waals surface area (Å²) in [4.78, 5) is 35.6. The third-order valence-corrected chi connectivity index (χ3v) is 8.52. The van der Waals surface area contributed by atoms with Crippen LogP contribution >= 0.6 is 0 Å². The van der Waals surface area contributed by atoms with E-state index in [1.165, 1.54) is 6.92 Å². The molecule has 0 aromatic heterocycles. The van der Waals surface area contributed by atoms with Gasteiger partial charge in [-0.15, -0.1) is 0 Å². The van der Waals surface area contributed by atoms with Crippen molar-refractivity contribution >= 4 is 17.8 Å². The van der Waals surface area contributed by atoms with Gasteiger partial charge in [0.05, 0.1) is 46.8 Å². The van der Waals surface area contributed by atoms with E-state index in [1.54, 1.807) is 0 Å². The van der Waals surface area contributed by atoms with Crippen molar-refractivity contribution in [3.05, 3.63) is 0 Å². The zero-order valence-corrected chi connectivity index (χ0v) is 37.2. The second-order valence-electron chi connectivity index (χ2n) is 18.8. The van der Waals surface area contributed by atoms with Crippen LogP contribution in [-0.2, 0) is 42.7 Å². The summed E-state index contributed by atoms with van der Waals surface area (Å²) in [6.45, 7) is 33.4. The van der Waals surface area contributed by atoms with Gasteiger partial charge in [-0.2, -0.15) is 0 Å². The first-order valence-corrected chi connectivity index (χ1v) is 20.2. The van der Waals surface area contributed by atoms with Crippen LogP contribution in [0.5, 0.6) is 0 Å². The van der Waals surface area contributed by atoms with E-state index in [0.29, 0.717) is 84.5 Å². The fourth-order valence-electron chi connectivity index (χ4n) is 5.10. The minimum absolute atomic E-state index is 0.0335. The van der Waals surface area contributed by atoms with Crippen LogP contribution in [0.3, 0.4) is 0 Å². The second kappa shape index (κ2) is 24.7. The molecule has 0 rings (SSSR count). The Morgan fingerprint density at radius 1 is 0.500 bits per heavy atom. The van der Waals surface area contributed by atoms with E-state index in [0.717, 1.165) is 12.8 Å². The summed E-state index contributed by atoms with van der Waals surface area (Å²) in [5.41, 5.74) is -2.19. The number of alkyl carbamates (subject to hydrolysis) is 1. The van der Waals surface area contributed by atoms with Crippen LogP contribution in [0.1, 0.15) is 162 Å². The predicted octanol–water partition coefficient (Wildman–Crippen LogP) is 8.11. The van der Waals surface area contributed by atoms with Crippen molar-refractivity contribution in [1.82, 2.24) is 10.6 Å². The largest absolute Gasteiger partial charge is 0.447 e. The molecule has 0 aromatic carbocycles. The lowest BCUT2D eigenvalue weighted by Gasteiger charge is -2.34. The highest BCUT2D eigenvalue weighted by atomic mass is 16.6. The molecule has 12 nitrogen and oxygen atoms in total. The Labute approximate surface area is 329 Å². The van der Waals surface area contributed by atoms with Gasteiger partial charge in [-0.05, 0) is 149 Å². The molecule has 0 heterocycles. The molecule has 54 heavy (non-hydrogen) atoms. The molecule has 1 unspecified atom stereocenters. The van der Waals surface area contributed by atoms with Crippen LogP contribution in [-0.4, -0.2) is 110 Å². The van der Waals surface area contributed by atoms with Gasteiger partial charge < -0.3 is 48.6 Å². The molecule has 320 valence electrons. The molecular weight excluding hydrogens is 692 g/mol. The first-order chi connectivity index (χ1) is 24.6. The Kier molecular flexibility index (Phi) is 23.9. The molecule has 0 aliphatic heterocycles. The van der Waals surface area contributed by atoms with Crippen molar-refractivity contribution < 1.29 is 47.5 Å². The summed E-state index contributed by atoms with van der Waals surface area (Å²) in [6, 6.07) is 0. The number of amides is 2. The maximum absolute atomic E-state index is 12.7. The molecule has 1 atom stereocenters. The summed E-state index contributed by atoms with van der Waals surface area (Å²) >= 11 is 0. The smallest absolute Gasteiger partial charge is 0.407 e. The number of rotatable bonds is 30. The number of ether oxygens (including phenoxy) is 7. The van der Waals surface area contributed by atoms with E-state index >= 15 is 0 Å². The maximum atomic E-state index is 12.7. The molecule has 0 aliphatic carbocycles. The average Bonchev–Trinajstić information content (AvgIpc) is 2.98. The van der Waals surface area contributed by atoms with Crippen molar-refractivity contribution in [2.45, 2.75) is 201 Å². The molecule has 0 saturated heterocycles. The van der Waals surface area contributed by atoms with Crippen LogP contribution in [0.4, 0.5) is 4.79 Å². The number of ketones is 1. The molecule has 2 N–H and O–H groups in total. The van der Waals surface area contributed by atoms with Gasteiger partial charge in [-0.3, -0.25) is 4.79 Å². The monoisotopic (exact) mass is 775 g/mol. The lowest BCUT2D eigenvalue weighted by Crippen LogP contribution is -2.41. The third kappa shape index (κ3) is 32.4. The van der Waals surface area contributed by atoms with E-state index < -0.39 is 23.4 Å². The predicted molar refractivity (Wildman–Crippen MR) is 215 cm³/mol. The standard InChI is InChI=1S/C42H82N2O10/c1-33(45)19-16-20-35(46)43-26-18-27-51-40(10,11)23-30-52-39(8,9)21-17-25-44-36(47)48-31-34(54-42(14,15)24-29-50-38(5,6)7)32-53-41(12,13)22-28-49-37(2,3)4/h34H,16-32H2,1-15H3,(H,43,46)(H,44,47). The maximum Gasteiger partial charge on any atom is 0.407 e. The molecule has 0 aromatic rings. The van der Waals surface area contributed by atoms with Gasteiger partial charge in [0.2, 0.25) is 5.91 Å². The van der Waals surface area contributed by atoms with E-state index in [-0.39, 0.29) is 47.3 Å². The van der Waals surface area contributed by atoms with Gasteiger partial charge in [0.1, 0.15) is 18.5 Å². The number of hydrogen-bond acceptors (Lipinski definition) is 10. The summed E-state index contributed by atoms with van der Waals surface area (Å²) in [5.74, 6) is 0.0693. The van der Waals surface area contributed by atoms with Gasteiger partial charge in [0.25, 0.3) is 0 Å². The summed E-state index contributed by atoms with van der Waals surface area (Å²) < 4.78 is 42.5. The Hall–Kier alpha value is -1.83. The summed E-state index contributed by atoms with van der Waals surface area (Å²) in [5, 5.41) is 5.74. The Bertz CT molecular complexity index is 1060. The number of carbonyl (C=O) groups is 3. The zero-order valence-electron chi connectivity index (χ0n) is 37.2. The molecular formula is C42H82N2O10. The van der Waals surface area contributed by atoms with E-state index in [1.807, 2.05) is 96.9 Å². The highest BCUT2D eigenvalue weighted by Gasteiger charge is 2.29. The first kappa shape index (κ1) is 52.2. The molecule has 0 fully saturated rings. The third-order valence-electron chi connectivity index (χ3n) is 8.52. The topological polar surface area (TPSA) is 140 Å². The SMILES string of the molecule is CC(=O)CCCC(=O)NCCCOC(C)(C)CCOC(C)(C)CCCNC(=O)OCC(COC(C)(C)CCOC(C)(C)C)OC(C)(C)CCOC(C)(C)C. The molecule has 0 aliphatic rings. The van der Waals surface area contributed by atoms with Crippen LogP contribution in [0.2, 0.25) is 0 Å². The lowest BCUT2D eigenvalue weighted by atomic mass is 10.0. The highest BCUT2D eigenvalue weighted by Crippen LogP contribution is 2.23. The normalized spacial score (nSPS) is 13.8. The first-order valence-electron chi connectivity index (χ1n) is 20.2. The van der Waals surface area contributed by atoms with Gasteiger partial charge >= 0.3 is 6.09 Å². The van der Waals surface area contributed by atoms with Crippen molar-refractivity contribution in [1.29, 1.82) is 0 Å². The average molecular weight is 775 g/mol. The van der Waals surface area contributed by atoms with Gasteiger partial charge in [0.15, 0.2) is 0 Å². The van der Waals surface area contributed by atoms with Crippen LogP contribution in [0.25, 0.3) is 0 Å². The molecule has 2 amide bonds. The van der Waals surface area contributed by atoms with Crippen LogP contribution in [0.15, 0.2) is 0 Å². The number of nitrogens with one attached hydrogen (secondary N) is 2. The van der Waals surface area contributed by atoms with Crippen LogP contribution in [0, 0.1) is 0 Å². The summed E-state index contributed by atoms with van der Waals surface area (Å²) in [6.07, 6.45) is 4.69. The lowest BCUT2D eigenvalue weighted by molar-refractivity contribution is -0.156. The number of carbonyl (C=O) groups excluding carboxylic acids is 3. The number of hydrogen-bond donors (Lipinski definition) is 2. The Morgan fingerprint density at radius 2 is 0.981 bits per heavy atom. The van der Waals surface area contributed by atoms with E-state index in [2.05, 4.69) is 10.6 Å². The molecule has 0 bridgehead atoms. The van der Waals surface area contributed by atoms with Gasteiger partial charge in [0, 0.05) is 45.8 Å². The molecule has 0 radical (unpaired) electrons. The minimum atomic E-state index is -0.525. The quantitative estimate of drug-likeness (QED) is 0.0688. The second-order valence-corrected chi connectivity index (χ2v) is 18.8. The molecule has 0 spiro atoms. The van der Waals surface area contributed by atoms with E-state index in [4.69, 9.17) is 33.2 Å². The fourth-order valence-corrected chi connectivity index (χ4v) is 5.10. The molecule has 12 heteroatoms. The molecule has 0 saturated carbocycles. The van der Waals surface area contributed by atoms with Gasteiger partial charge in [-0.1, -0.05) is 0 Å². The Balaban J connectivity index is 4.70. The minimum Gasteiger partial charge on any atom is -0.447 e. The van der Waals surface area contributed by atoms with Crippen molar-refractivity contribution in [3.8, 4) is 0 Å². The van der Waals surface area contributed by atoms with Crippen molar-refractivity contribution in [3.63, 3.8) is 0 Å². The zero-order chi connectivity index (χ0) is 41.7. The van der Waals surface area contributed by atoms with Gasteiger partial charge in [-0.25, -0.2) is 4.79 Å². The number of Topliss-reactive ketones (excluding diaryl/α,β-unsaturated/α-hetero) is 1.